The SMILES string of the molecule is C=CCc1cc(C2C3=C(CCCC3=O)NC3=C2C(=O)CCC3)cc(OC)c1OCc1cccc2ccccc12. The number of ether oxygens (including phenoxy) is 2. The van der Waals surface area contributed by atoms with E-state index < -0.39 is 0 Å². The first-order valence-electron chi connectivity index (χ1n) is 13.8. The highest BCUT2D eigenvalue weighted by Gasteiger charge is 2.40. The Balaban J connectivity index is 1.44. The van der Waals surface area contributed by atoms with E-state index in [1.165, 1.54) is 5.39 Å². The number of fused-ring (bicyclic) bond motifs is 1. The molecule has 1 N–H and O–H groups in total. The smallest absolute Gasteiger partial charge is 0.165 e. The summed E-state index contributed by atoms with van der Waals surface area (Å²) in [5.74, 6) is 1.12. The number of allylic oxidation sites excluding steroid dienone is 5. The largest absolute Gasteiger partial charge is 0.493 e. The van der Waals surface area contributed by atoms with Crippen LogP contribution >= 0.6 is 0 Å². The molecule has 0 atom stereocenters. The molecular formula is C34H33NO4. The van der Waals surface area contributed by atoms with Gasteiger partial charge in [-0.25, -0.2) is 0 Å². The second-order valence-corrected chi connectivity index (χ2v) is 10.5. The minimum atomic E-state index is -0.388. The van der Waals surface area contributed by atoms with Crippen LogP contribution in [0.3, 0.4) is 0 Å². The Hall–Kier alpha value is -4.12. The first-order chi connectivity index (χ1) is 19.1. The molecule has 0 fully saturated rings. The van der Waals surface area contributed by atoms with E-state index >= 15 is 0 Å². The summed E-state index contributed by atoms with van der Waals surface area (Å²) in [6.45, 7) is 4.36. The number of carbonyl (C=O) groups is 2. The fourth-order valence-electron chi connectivity index (χ4n) is 6.36. The molecule has 198 valence electrons. The Kier molecular flexibility index (Phi) is 6.82. The maximum Gasteiger partial charge on any atom is 0.165 e. The van der Waals surface area contributed by atoms with Crippen molar-refractivity contribution >= 4 is 22.3 Å². The zero-order valence-corrected chi connectivity index (χ0v) is 22.3. The number of hydrogen-bond donors (Lipinski definition) is 1. The molecule has 0 amide bonds. The first-order valence-corrected chi connectivity index (χ1v) is 13.8. The summed E-state index contributed by atoms with van der Waals surface area (Å²) < 4.78 is 12.3. The van der Waals surface area contributed by atoms with Crippen molar-refractivity contribution in [3.63, 3.8) is 0 Å². The van der Waals surface area contributed by atoms with Crippen LogP contribution in [0.1, 0.15) is 61.1 Å². The van der Waals surface area contributed by atoms with Crippen molar-refractivity contribution in [2.24, 2.45) is 0 Å². The van der Waals surface area contributed by atoms with Gasteiger partial charge in [0.2, 0.25) is 0 Å². The van der Waals surface area contributed by atoms with Crippen molar-refractivity contribution in [3.05, 3.63) is 106 Å². The zero-order valence-electron chi connectivity index (χ0n) is 22.3. The molecule has 1 heterocycles. The molecule has 5 nitrogen and oxygen atoms in total. The number of methoxy groups -OCH3 is 1. The summed E-state index contributed by atoms with van der Waals surface area (Å²) in [4.78, 5) is 26.6. The van der Waals surface area contributed by atoms with Gasteiger partial charge < -0.3 is 14.8 Å². The third-order valence-electron chi connectivity index (χ3n) is 8.11. The number of Topliss-reactive ketones (excluding diaryl/α,β-unsaturated/α-hetero) is 2. The quantitative estimate of drug-likeness (QED) is 0.346. The third kappa shape index (κ3) is 4.56. The first kappa shape index (κ1) is 25.2. The molecule has 0 saturated heterocycles. The number of ketones is 2. The van der Waals surface area contributed by atoms with E-state index in [1.54, 1.807) is 7.11 Å². The van der Waals surface area contributed by atoms with Crippen molar-refractivity contribution < 1.29 is 19.1 Å². The van der Waals surface area contributed by atoms with E-state index in [0.29, 0.717) is 37.4 Å². The summed E-state index contributed by atoms with van der Waals surface area (Å²) in [5, 5.41) is 5.82. The fraction of sp³-hybridized carbons (Fsp3) is 0.294. The van der Waals surface area contributed by atoms with E-state index in [2.05, 4.69) is 42.2 Å². The van der Waals surface area contributed by atoms with Crippen molar-refractivity contribution in [3.8, 4) is 11.5 Å². The number of rotatable bonds is 7. The van der Waals surface area contributed by atoms with Gasteiger partial charge in [-0.2, -0.15) is 0 Å². The van der Waals surface area contributed by atoms with Crippen LogP contribution in [-0.2, 0) is 22.6 Å². The van der Waals surface area contributed by atoms with Gasteiger partial charge >= 0.3 is 0 Å². The molecule has 0 aromatic heterocycles. The molecule has 5 heteroatoms. The van der Waals surface area contributed by atoms with Gasteiger partial charge in [0.25, 0.3) is 0 Å². The highest BCUT2D eigenvalue weighted by molar-refractivity contribution is 6.06. The van der Waals surface area contributed by atoms with Crippen molar-refractivity contribution in [1.82, 2.24) is 5.32 Å². The Bertz CT molecular complexity index is 1510. The van der Waals surface area contributed by atoms with Crippen LogP contribution in [0.25, 0.3) is 10.8 Å². The van der Waals surface area contributed by atoms with Crippen LogP contribution in [0.15, 0.2) is 89.8 Å². The number of nitrogens with one attached hydrogen (secondary N) is 1. The minimum absolute atomic E-state index is 0.124. The molecule has 39 heavy (non-hydrogen) atoms. The fourth-order valence-corrected chi connectivity index (χ4v) is 6.36. The van der Waals surface area contributed by atoms with E-state index in [1.807, 2.05) is 30.3 Å². The Morgan fingerprint density at radius 3 is 2.28 bits per heavy atom. The van der Waals surface area contributed by atoms with Crippen molar-refractivity contribution in [2.45, 2.75) is 57.5 Å². The second-order valence-electron chi connectivity index (χ2n) is 10.5. The number of hydrogen-bond acceptors (Lipinski definition) is 5. The van der Waals surface area contributed by atoms with Gasteiger partial charge in [-0.05, 0) is 60.1 Å². The van der Waals surface area contributed by atoms with Crippen molar-refractivity contribution in [2.75, 3.05) is 7.11 Å². The monoisotopic (exact) mass is 519 g/mol. The lowest BCUT2D eigenvalue weighted by Crippen LogP contribution is -2.36. The van der Waals surface area contributed by atoms with Gasteiger partial charge in [-0.3, -0.25) is 9.59 Å². The molecule has 0 spiro atoms. The summed E-state index contributed by atoms with van der Waals surface area (Å²) in [6.07, 6.45) is 6.75. The summed E-state index contributed by atoms with van der Waals surface area (Å²) in [6, 6.07) is 18.5. The van der Waals surface area contributed by atoms with E-state index in [0.717, 1.165) is 70.3 Å². The molecule has 3 aromatic rings. The normalized spacial score (nSPS) is 17.6. The molecular weight excluding hydrogens is 486 g/mol. The van der Waals surface area contributed by atoms with Gasteiger partial charge in [-0.15, -0.1) is 6.58 Å². The van der Waals surface area contributed by atoms with Crippen LogP contribution in [0.4, 0.5) is 0 Å². The number of benzene rings is 3. The highest BCUT2D eigenvalue weighted by atomic mass is 16.5. The van der Waals surface area contributed by atoms with Crippen LogP contribution < -0.4 is 14.8 Å². The molecule has 2 aliphatic carbocycles. The van der Waals surface area contributed by atoms with Crippen LogP contribution in [0.5, 0.6) is 11.5 Å². The van der Waals surface area contributed by atoms with Crippen LogP contribution in [0.2, 0.25) is 0 Å². The summed E-state index contributed by atoms with van der Waals surface area (Å²) in [5.41, 5.74) is 6.35. The molecule has 3 aromatic carbocycles. The summed E-state index contributed by atoms with van der Waals surface area (Å²) in [7, 11) is 1.64. The van der Waals surface area contributed by atoms with Gasteiger partial charge in [0.05, 0.1) is 7.11 Å². The lowest BCUT2D eigenvalue weighted by atomic mass is 9.71. The standard InChI is InChI=1S/C34H33NO4/c1-3-9-22-18-24(31-32-26(14-7-16-28(32)36)35-27-15-8-17-29(37)33(27)31)19-30(38-2)34(22)39-20-23-12-6-11-21-10-4-5-13-25(21)23/h3-6,10-13,18-19,31,35H,1,7-9,14-17,20H2,2H3. The maximum absolute atomic E-state index is 13.3. The van der Waals surface area contributed by atoms with Crippen LogP contribution in [-0.4, -0.2) is 18.7 Å². The van der Waals surface area contributed by atoms with Gasteiger partial charge in [0.1, 0.15) is 6.61 Å². The third-order valence-corrected chi connectivity index (χ3v) is 8.11. The number of carbonyl (C=O) groups excluding carboxylic acids is 2. The molecule has 3 aliphatic rings. The minimum Gasteiger partial charge on any atom is -0.493 e. The van der Waals surface area contributed by atoms with Crippen LogP contribution in [0, 0.1) is 0 Å². The maximum atomic E-state index is 13.3. The zero-order chi connectivity index (χ0) is 26.9. The predicted octanol–water partition coefficient (Wildman–Crippen LogP) is 6.86. The average molecular weight is 520 g/mol. The highest BCUT2D eigenvalue weighted by Crippen LogP contribution is 2.47. The molecule has 0 unspecified atom stereocenters. The molecule has 0 saturated carbocycles. The lowest BCUT2D eigenvalue weighted by molar-refractivity contribution is -0.117. The van der Waals surface area contributed by atoms with E-state index in [-0.39, 0.29) is 17.5 Å². The Morgan fingerprint density at radius 2 is 1.59 bits per heavy atom. The van der Waals surface area contributed by atoms with E-state index in [9.17, 15) is 9.59 Å². The van der Waals surface area contributed by atoms with E-state index in [4.69, 9.17) is 9.47 Å². The molecule has 0 radical (unpaired) electrons. The molecule has 1 aliphatic heterocycles. The number of dihydropyridines is 1. The second kappa shape index (κ2) is 10.6. The molecule has 6 rings (SSSR count). The Morgan fingerprint density at radius 1 is 0.897 bits per heavy atom. The van der Waals surface area contributed by atoms with Gasteiger partial charge in [-0.1, -0.05) is 54.6 Å². The van der Waals surface area contributed by atoms with Crippen molar-refractivity contribution in [1.29, 1.82) is 0 Å². The molecule has 0 bridgehead atoms. The van der Waals surface area contributed by atoms with Gasteiger partial charge in [0.15, 0.2) is 23.1 Å². The Labute approximate surface area is 229 Å². The average Bonchev–Trinajstić information content (AvgIpc) is 2.95. The topological polar surface area (TPSA) is 64.6 Å². The lowest BCUT2D eigenvalue weighted by Gasteiger charge is -2.37. The predicted molar refractivity (Wildman–Crippen MR) is 153 cm³/mol. The summed E-state index contributed by atoms with van der Waals surface area (Å²) >= 11 is 0. The van der Waals surface area contributed by atoms with Gasteiger partial charge in [0, 0.05) is 46.9 Å².